The fourth-order valence-electron chi connectivity index (χ4n) is 1.38. The Labute approximate surface area is 82.9 Å². The first-order valence-corrected chi connectivity index (χ1v) is 5.34. The van der Waals surface area contributed by atoms with Crippen LogP contribution in [0.15, 0.2) is 0 Å². The van der Waals surface area contributed by atoms with Crippen molar-refractivity contribution in [1.29, 1.82) is 0 Å². The minimum atomic E-state index is 0.0335. The van der Waals surface area contributed by atoms with Crippen LogP contribution in [0.25, 0.3) is 0 Å². The first-order valence-electron chi connectivity index (χ1n) is 5.34. The summed E-state index contributed by atoms with van der Waals surface area (Å²) in [6.07, 6.45) is 14.2. The summed E-state index contributed by atoms with van der Waals surface area (Å²) in [5, 5.41) is 0. The molecule has 0 amide bonds. The molecule has 1 nitrogen and oxygen atoms in total. The second-order valence-electron chi connectivity index (χ2n) is 3.45. The minimum absolute atomic E-state index is 0.0335. The minimum Gasteiger partial charge on any atom is -0.369 e. The molecular weight excluding hydrogens is 160 g/mol. The van der Waals surface area contributed by atoms with Gasteiger partial charge in [0.1, 0.15) is 6.10 Å². The zero-order valence-electron chi connectivity index (χ0n) is 9.01. The molecule has 0 rings (SSSR count). The van der Waals surface area contributed by atoms with Crippen molar-refractivity contribution < 1.29 is 4.74 Å². The van der Waals surface area contributed by atoms with Gasteiger partial charge in [-0.1, -0.05) is 44.9 Å². The van der Waals surface area contributed by atoms with E-state index in [9.17, 15) is 0 Å². The van der Waals surface area contributed by atoms with Crippen LogP contribution >= 0.6 is 0 Å². The van der Waals surface area contributed by atoms with E-state index in [-0.39, 0.29) is 6.10 Å². The van der Waals surface area contributed by atoms with Crippen molar-refractivity contribution >= 4 is 0 Å². The molecule has 0 heterocycles. The average molecular weight is 182 g/mol. The number of methoxy groups -OCH3 is 1. The van der Waals surface area contributed by atoms with Gasteiger partial charge < -0.3 is 4.74 Å². The highest BCUT2D eigenvalue weighted by atomic mass is 16.5. The smallest absolute Gasteiger partial charge is 0.117 e. The number of unbranched alkanes of at least 4 members (excludes halogenated alkanes) is 5. The van der Waals surface area contributed by atoms with Gasteiger partial charge in [-0.2, -0.15) is 0 Å². The topological polar surface area (TPSA) is 9.23 Å². The third kappa shape index (κ3) is 7.87. The molecule has 0 radical (unpaired) electrons. The molecule has 1 heteroatoms. The Balaban J connectivity index is 3.11. The summed E-state index contributed by atoms with van der Waals surface area (Å²) >= 11 is 0. The Morgan fingerprint density at radius 2 is 1.77 bits per heavy atom. The zero-order valence-corrected chi connectivity index (χ0v) is 9.01. The number of hydrogen-bond donors (Lipinski definition) is 0. The third-order valence-corrected chi connectivity index (χ3v) is 2.29. The first kappa shape index (κ1) is 12.5. The number of terminal acetylenes is 1. The van der Waals surface area contributed by atoms with Crippen LogP contribution in [0.4, 0.5) is 0 Å². The predicted molar refractivity (Wildman–Crippen MR) is 57.6 cm³/mol. The van der Waals surface area contributed by atoms with Gasteiger partial charge in [0.15, 0.2) is 0 Å². The van der Waals surface area contributed by atoms with Crippen molar-refractivity contribution in [3.05, 3.63) is 0 Å². The second kappa shape index (κ2) is 9.61. The molecule has 13 heavy (non-hydrogen) atoms. The van der Waals surface area contributed by atoms with E-state index in [0.29, 0.717) is 0 Å². The fraction of sp³-hybridized carbons (Fsp3) is 0.833. The predicted octanol–water partition coefficient (Wildman–Crippen LogP) is 3.39. The van der Waals surface area contributed by atoms with Gasteiger partial charge in [-0.3, -0.25) is 0 Å². The van der Waals surface area contributed by atoms with Crippen molar-refractivity contribution in [2.24, 2.45) is 0 Å². The van der Waals surface area contributed by atoms with Crippen LogP contribution in [0.3, 0.4) is 0 Å². The van der Waals surface area contributed by atoms with Gasteiger partial charge in [0.2, 0.25) is 0 Å². The molecule has 0 N–H and O–H groups in total. The lowest BCUT2D eigenvalue weighted by molar-refractivity contribution is 0.138. The summed E-state index contributed by atoms with van der Waals surface area (Å²) in [5.41, 5.74) is 0. The van der Waals surface area contributed by atoms with Crippen molar-refractivity contribution in [1.82, 2.24) is 0 Å². The van der Waals surface area contributed by atoms with Crippen molar-refractivity contribution in [2.45, 2.75) is 58.0 Å². The second-order valence-corrected chi connectivity index (χ2v) is 3.45. The van der Waals surface area contributed by atoms with Crippen LogP contribution in [0, 0.1) is 12.3 Å². The quantitative estimate of drug-likeness (QED) is 0.413. The van der Waals surface area contributed by atoms with E-state index in [2.05, 4.69) is 12.8 Å². The fourth-order valence-corrected chi connectivity index (χ4v) is 1.38. The van der Waals surface area contributed by atoms with Gasteiger partial charge in [-0.25, -0.2) is 0 Å². The van der Waals surface area contributed by atoms with Crippen LogP contribution in [-0.4, -0.2) is 13.2 Å². The maximum absolute atomic E-state index is 5.27. The Hall–Kier alpha value is -0.480. The standard InChI is InChI=1S/C12H22O/c1-4-6-7-8-9-10-11-12(5-2)13-3/h2,12H,4,6-11H2,1,3H3. The first-order chi connectivity index (χ1) is 6.35. The molecule has 1 atom stereocenters. The highest BCUT2D eigenvalue weighted by Gasteiger charge is 2.00. The van der Waals surface area contributed by atoms with Gasteiger partial charge in [0.05, 0.1) is 0 Å². The van der Waals surface area contributed by atoms with Gasteiger partial charge >= 0.3 is 0 Å². The Morgan fingerprint density at radius 3 is 2.31 bits per heavy atom. The molecule has 0 saturated heterocycles. The third-order valence-electron chi connectivity index (χ3n) is 2.29. The maximum Gasteiger partial charge on any atom is 0.117 e. The van der Waals surface area contributed by atoms with E-state index in [4.69, 9.17) is 11.2 Å². The number of ether oxygens (including phenoxy) is 1. The van der Waals surface area contributed by atoms with Crippen LogP contribution < -0.4 is 0 Å². The Morgan fingerprint density at radius 1 is 1.15 bits per heavy atom. The van der Waals surface area contributed by atoms with Crippen molar-refractivity contribution in [3.8, 4) is 12.3 Å². The lowest BCUT2D eigenvalue weighted by Crippen LogP contribution is -2.06. The van der Waals surface area contributed by atoms with Gasteiger partial charge in [0.25, 0.3) is 0 Å². The normalized spacial score (nSPS) is 12.4. The molecule has 0 aromatic heterocycles. The SMILES string of the molecule is C#CC(CCCCCCCC)OC. The molecule has 0 aromatic rings. The summed E-state index contributed by atoms with van der Waals surface area (Å²) in [4.78, 5) is 0. The molecule has 0 bridgehead atoms. The van der Waals surface area contributed by atoms with Gasteiger partial charge in [0, 0.05) is 7.11 Å². The summed E-state index contributed by atoms with van der Waals surface area (Å²) in [6.45, 7) is 2.24. The molecule has 0 saturated carbocycles. The Kier molecular flexibility index (Phi) is 9.25. The van der Waals surface area contributed by atoms with Gasteiger partial charge in [-0.05, 0) is 12.8 Å². The highest BCUT2D eigenvalue weighted by molar-refractivity contribution is 4.93. The molecule has 0 aromatic carbocycles. The van der Waals surface area contributed by atoms with Crippen LogP contribution in [0.2, 0.25) is 0 Å². The Bertz CT molecular complexity index is 135. The van der Waals surface area contributed by atoms with E-state index in [1.165, 1.54) is 38.5 Å². The van der Waals surface area contributed by atoms with Crippen LogP contribution in [0.1, 0.15) is 51.9 Å². The summed E-state index contributed by atoms with van der Waals surface area (Å²) in [5.74, 6) is 2.63. The molecule has 0 aliphatic rings. The van der Waals surface area contributed by atoms with Crippen LogP contribution in [-0.2, 0) is 4.74 Å². The van der Waals surface area contributed by atoms with Gasteiger partial charge in [-0.15, -0.1) is 6.42 Å². The van der Waals surface area contributed by atoms with Crippen molar-refractivity contribution in [3.63, 3.8) is 0 Å². The van der Waals surface area contributed by atoms with Crippen LogP contribution in [0.5, 0.6) is 0 Å². The lowest BCUT2D eigenvalue weighted by Gasteiger charge is -2.07. The van der Waals surface area contributed by atoms with E-state index in [0.717, 1.165) is 6.42 Å². The van der Waals surface area contributed by atoms with E-state index in [1.807, 2.05) is 0 Å². The largest absolute Gasteiger partial charge is 0.369 e. The molecular formula is C12H22O. The molecule has 0 aliphatic carbocycles. The van der Waals surface area contributed by atoms with E-state index < -0.39 is 0 Å². The number of rotatable bonds is 8. The maximum atomic E-state index is 5.27. The summed E-state index contributed by atoms with van der Waals surface area (Å²) < 4.78 is 5.09. The number of hydrogen-bond acceptors (Lipinski definition) is 1. The molecule has 0 aliphatic heterocycles. The average Bonchev–Trinajstić information content (AvgIpc) is 2.17. The van der Waals surface area contributed by atoms with E-state index >= 15 is 0 Å². The highest BCUT2D eigenvalue weighted by Crippen LogP contribution is 2.09. The molecule has 0 spiro atoms. The van der Waals surface area contributed by atoms with E-state index in [1.54, 1.807) is 7.11 Å². The summed E-state index contributed by atoms with van der Waals surface area (Å²) in [6, 6.07) is 0. The molecule has 0 fully saturated rings. The van der Waals surface area contributed by atoms with Crippen molar-refractivity contribution in [2.75, 3.05) is 7.11 Å². The molecule has 1 unspecified atom stereocenters. The lowest BCUT2D eigenvalue weighted by atomic mass is 10.1. The molecule has 76 valence electrons. The monoisotopic (exact) mass is 182 g/mol. The summed E-state index contributed by atoms with van der Waals surface area (Å²) in [7, 11) is 1.68. The zero-order chi connectivity index (χ0) is 9.94.